The number of nitrogens with zero attached hydrogens (tertiary/aromatic N) is 1. The van der Waals surface area contributed by atoms with E-state index in [9.17, 15) is 0 Å². The summed E-state index contributed by atoms with van der Waals surface area (Å²) in [5.74, 6) is 4.79. The fourth-order valence-electron chi connectivity index (χ4n) is 0.413. The van der Waals surface area contributed by atoms with Crippen LogP contribution >= 0.6 is 11.3 Å². The average molecular weight is 142 g/mol. The van der Waals surface area contributed by atoms with Gasteiger partial charge in [0.25, 0.3) is 0 Å². The summed E-state index contributed by atoms with van der Waals surface area (Å²) in [4.78, 5) is 0. The fourth-order valence-corrected chi connectivity index (χ4v) is 0.960. The molecule has 3 nitrogen and oxygen atoms in total. The van der Waals surface area contributed by atoms with E-state index in [1.165, 1.54) is 17.7 Å². The Hall–Kier alpha value is -1.03. The van der Waals surface area contributed by atoms with E-state index in [0.29, 0.717) is 0 Å². The highest BCUT2D eigenvalue weighted by Gasteiger charge is 1.86. The number of rotatable bonds is 2. The minimum atomic E-state index is 0.796. The van der Waals surface area contributed by atoms with Gasteiger partial charge in [0.2, 0.25) is 0 Å². The van der Waals surface area contributed by atoms with E-state index in [0.717, 1.165) is 5.06 Å². The van der Waals surface area contributed by atoms with Crippen molar-refractivity contribution in [2.45, 2.75) is 0 Å². The Morgan fingerprint density at radius 1 is 1.78 bits per heavy atom. The van der Waals surface area contributed by atoms with E-state index in [-0.39, 0.29) is 0 Å². The molecule has 1 heterocycles. The molecule has 9 heavy (non-hydrogen) atoms. The van der Waals surface area contributed by atoms with E-state index in [1.807, 2.05) is 17.5 Å². The summed E-state index contributed by atoms with van der Waals surface area (Å²) in [5, 5.41) is 5.88. The van der Waals surface area contributed by atoms with Crippen molar-refractivity contribution < 1.29 is 4.74 Å². The molecule has 1 rings (SSSR count). The van der Waals surface area contributed by atoms with E-state index >= 15 is 0 Å². The largest absolute Gasteiger partial charge is 0.433 e. The predicted molar refractivity (Wildman–Crippen MR) is 37.6 cm³/mol. The van der Waals surface area contributed by atoms with Crippen LogP contribution in [0.1, 0.15) is 0 Å². The van der Waals surface area contributed by atoms with Crippen LogP contribution in [0.5, 0.6) is 5.06 Å². The molecule has 1 aromatic rings. The number of ether oxygens (including phenoxy) is 1. The summed E-state index contributed by atoms with van der Waals surface area (Å²) >= 11 is 1.49. The molecular weight excluding hydrogens is 136 g/mol. The Morgan fingerprint density at radius 3 is 3.22 bits per heavy atom. The lowest BCUT2D eigenvalue weighted by atomic mass is 10.7. The van der Waals surface area contributed by atoms with Crippen LogP contribution in [0.3, 0.4) is 0 Å². The molecule has 0 atom stereocenters. The van der Waals surface area contributed by atoms with E-state index < -0.39 is 0 Å². The van der Waals surface area contributed by atoms with Crippen molar-refractivity contribution in [1.29, 1.82) is 0 Å². The lowest BCUT2D eigenvalue weighted by Crippen LogP contribution is -1.90. The van der Waals surface area contributed by atoms with Crippen molar-refractivity contribution in [3.05, 3.63) is 17.5 Å². The lowest BCUT2D eigenvalue weighted by molar-refractivity contribution is 0.588. The normalized spacial score (nSPS) is 10.2. The molecule has 0 fully saturated rings. The lowest BCUT2D eigenvalue weighted by Gasteiger charge is -1.88. The first-order valence-corrected chi connectivity index (χ1v) is 3.23. The molecule has 0 radical (unpaired) electrons. The zero-order chi connectivity index (χ0) is 6.53. The van der Waals surface area contributed by atoms with Crippen LogP contribution in [-0.4, -0.2) is 6.40 Å². The van der Waals surface area contributed by atoms with Gasteiger partial charge in [-0.25, -0.2) is 0 Å². The maximum atomic E-state index is 4.90. The Bertz CT molecular complexity index is 183. The molecule has 0 amide bonds. The summed E-state index contributed by atoms with van der Waals surface area (Å²) in [5.41, 5.74) is 0. The molecule has 0 spiro atoms. The summed E-state index contributed by atoms with van der Waals surface area (Å²) in [6.07, 6.45) is 1.20. The third kappa shape index (κ3) is 1.73. The predicted octanol–water partition coefficient (Wildman–Crippen LogP) is 1.03. The average Bonchev–Trinajstić information content (AvgIpc) is 2.34. The summed E-state index contributed by atoms with van der Waals surface area (Å²) in [7, 11) is 0. The Kier molecular flexibility index (Phi) is 2.09. The highest BCUT2D eigenvalue weighted by molar-refractivity contribution is 7.11. The number of hydrogen-bond acceptors (Lipinski definition) is 4. The molecule has 4 heteroatoms. The summed E-state index contributed by atoms with van der Waals surface area (Å²) in [6, 6.07) is 3.73. The molecular formula is C5H6N2OS. The van der Waals surface area contributed by atoms with Crippen molar-refractivity contribution >= 4 is 17.7 Å². The van der Waals surface area contributed by atoms with Crippen molar-refractivity contribution in [3.8, 4) is 5.06 Å². The van der Waals surface area contributed by atoms with Crippen molar-refractivity contribution in [2.75, 3.05) is 0 Å². The van der Waals surface area contributed by atoms with Gasteiger partial charge in [0.15, 0.2) is 11.5 Å². The molecule has 0 bridgehead atoms. The van der Waals surface area contributed by atoms with Gasteiger partial charge in [-0.3, -0.25) is 0 Å². The maximum absolute atomic E-state index is 4.90. The standard InChI is InChI=1S/C5H6N2OS/c6-7-4-8-5-2-1-3-9-5/h1-4H,6H2. The van der Waals surface area contributed by atoms with E-state index in [2.05, 4.69) is 5.10 Å². The Labute approximate surface area is 56.8 Å². The molecule has 0 saturated heterocycles. The molecule has 0 aliphatic carbocycles. The maximum Gasteiger partial charge on any atom is 0.200 e. The first kappa shape index (κ1) is 6.10. The quantitative estimate of drug-likeness (QED) is 0.290. The summed E-state index contributed by atoms with van der Waals surface area (Å²) < 4.78 is 4.90. The van der Waals surface area contributed by atoms with Crippen LogP contribution in [0.25, 0.3) is 0 Å². The van der Waals surface area contributed by atoms with Crippen LogP contribution in [0, 0.1) is 0 Å². The van der Waals surface area contributed by atoms with Gasteiger partial charge in [-0.05, 0) is 17.5 Å². The third-order valence-electron chi connectivity index (χ3n) is 0.725. The molecule has 0 aliphatic heterocycles. The van der Waals surface area contributed by atoms with Crippen molar-refractivity contribution in [2.24, 2.45) is 10.9 Å². The van der Waals surface area contributed by atoms with E-state index in [1.54, 1.807) is 0 Å². The number of hydrogen-bond donors (Lipinski definition) is 1. The summed E-state index contributed by atoms with van der Waals surface area (Å²) in [6.45, 7) is 0. The SMILES string of the molecule is NN=COc1cccs1. The molecule has 0 unspecified atom stereocenters. The monoisotopic (exact) mass is 142 g/mol. The Balaban J connectivity index is 2.48. The van der Waals surface area contributed by atoms with Gasteiger partial charge in [0.05, 0.1) is 0 Å². The number of hydrazone groups is 1. The zero-order valence-electron chi connectivity index (χ0n) is 4.65. The Morgan fingerprint density at radius 2 is 2.67 bits per heavy atom. The highest BCUT2D eigenvalue weighted by Crippen LogP contribution is 2.16. The van der Waals surface area contributed by atoms with Crippen molar-refractivity contribution in [1.82, 2.24) is 0 Å². The number of nitrogens with two attached hydrogens (primary N) is 1. The first-order chi connectivity index (χ1) is 4.43. The second-order valence-electron chi connectivity index (χ2n) is 1.30. The van der Waals surface area contributed by atoms with Crippen LogP contribution in [0.2, 0.25) is 0 Å². The van der Waals surface area contributed by atoms with Gasteiger partial charge < -0.3 is 10.6 Å². The second kappa shape index (κ2) is 3.09. The van der Waals surface area contributed by atoms with Gasteiger partial charge in [-0.15, -0.1) is 11.3 Å². The molecule has 0 aromatic carbocycles. The minimum absolute atomic E-state index is 0.796. The van der Waals surface area contributed by atoms with Gasteiger partial charge in [-0.2, -0.15) is 5.10 Å². The van der Waals surface area contributed by atoms with Crippen LogP contribution in [0.15, 0.2) is 22.6 Å². The third-order valence-corrected chi connectivity index (χ3v) is 1.48. The van der Waals surface area contributed by atoms with Gasteiger partial charge >= 0.3 is 0 Å². The molecule has 48 valence electrons. The van der Waals surface area contributed by atoms with E-state index in [4.69, 9.17) is 10.6 Å². The zero-order valence-corrected chi connectivity index (χ0v) is 5.47. The molecule has 2 N–H and O–H groups in total. The molecule has 1 aromatic heterocycles. The fraction of sp³-hybridized carbons (Fsp3) is 0. The van der Waals surface area contributed by atoms with Crippen molar-refractivity contribution in [3.63, 3.8) is 0 Å². The van der Waals surface area contributed by atoms with Crippen LogP contribution < -0.4 is 10.6 Å². The molecule has 0 saturated carbocycles. The topological polar surface area (TPSA) is 47.6 Å². The van der Waals surface area contributed by atoms with Gasteiger partial charge in [0.1, 0.15) is 0 Å². The van der Waals surface area contributed by atoms with Gasteiger partial charge in [-0.1, -0.05) is 0 Å². The smallest absolute Gasteiger partial charge is 0.200 e. The van der Waals surface area contributed by atoms with Gasteiger partial charge in [0, 0.05) is 0 Å². The molecule has 0 aliphatic rings. The highest BCUT2D eigenvalue weighted by atomic mass is 32.1. The first-order valence-electron chi connectivity index (χ1n) is 2.35. The van der Waals surface area contributed by atoms with Crippen LogP contribution in [0.4, 0.5) is 0 Å². The minimum Gasteiger partial charge on any atom is -0.433 e. The number of thiophene rings is 1. The van der Waals surface area contributed by atoms with Crippen LogP contribution in [-0.2, 0) is 0 Å². The second-order valence-corrected chi connectivity index (χ2v) is 2.21.